The SMILES string of the molecule is CCOC(=O)[C@H](Cc1ccc(F)cc1)NC(=O)[C@H](Cc1ccc(N)cc1)NC(=O)C(F)(F)F. The first-order valence-electron chi connectivity index (χ1n) is 9.93. The van der Waals surface area contributed by atoms with Crippen molar-refractivity contribution in [3.63, 3.8) is 0 Å². The molecule has 2 atom stereocenters. The first-order chi connectivity index (χ1) is 15.5. The molecule has 2 aromatic carbocycles. The molecular weight excluding hydrogens is 446 g/mol. The highest BCUT2D eigenvalue weighted by molar-refractivity contribution is 5.92. The molecule has 178 valence electrons. The van der Waals surface area contributed by atoms with Gasteiger partial charge in [-0.25, -0.2) is 9.18 Å². The maximum atomic E-state index is 13.2. The Balaban J connectivity index is 2.25. The second-order valence-corrected chi connectivity index (χ2v) is 7.11. The molecule has 2 aromatic rings. The van der Waals surface area contributed by atoms with Gasteiger partial charge in [-0.3, -0.25) is 9.59 Å². The van der Waals surface area contributed by atoms with E-state index >= 15 is 0 Å². The second-order valence-electron chi connectivity index (χ2n) is 7.11. The van der Waals surface area contributed by atoms with Crippen LogP contribution < -0.4 is 16.4 Å². The molecule has 4 N–H and O–H groups in total. The molecule has 2 amide bonds. The molecule has 2 rings (SSSR count). The summed E-state index contributed by atoms with van der Waals surface area (Å²) in [4.78, 5) is 36.7. The predicted octanol–water partition coefficient (Wildman–Crippen LogP) is 2.29. The van der Waals surface area contributed by atoms with Crippen molar-refractivity contribution >= 4 is 23.5 Å². The van der Waals surface area contributed by atoms with Crippen LogP contribution in [-0.4, -0.2) is 42.7 Å². The first-order valence-corrected chi connectivity index (χ1v) is 9.93. The van der Waals surface area contributed by atoms with Gasteiger partial charge in [0.2, 0.25) is 5.91 Å². The number of carbonyl (C=O) groups is 3. The third-order valence-corrected chi connectivity index (χ3v) is 4.54. The number of rotatable bonds is 9. The van der Waals surface area contributed by atoms with Crippen LogP contribution in [0.5, 0.6) is 0 Å². The van der Waals surface area contributed by atoms with Gasteiger partial charge < -0.3 is 21.1 Å². The van der Waals surface area contributed by atoms with Gasteiger partial charge in [0.1, 0.15) is 17.9 Å². The molecule has 0 spiro atoms. The fourth-order valence-corrected chi connectivity index (χ4v) is 2.90. The van der Waals surface area contributed by atoms with Gasteiger partial charge in [0.15, 0.2) is 0 Å². The highest BCUT2D eigenvalue weighted by Crippen LogP contribution is 2.16. The number of anilines is 1. The Morgan fingerprint density at radius 1 is 0.909 bits per heavy atom. The Hall–Kier alpha value is -3.63. The normalized spacial score (nSPS) is 13.0. The largest absolute Gasteiger partial charge is 0.471 e. The van der Waals surface area contributed by atoms with Crippen molar-refractivity contribution in [2.75, 3.05) is 12.3 Å². The fourth-order valence-electron chi connectivity index (χ4n) is 2.90. The lowest BCUT2D eigenvalue weighted by molar-refractivity contribution is -0.174. The monoisotopic (exact) mass is 469 g/mol. The van der Waals surface area contributed by atoms with Crippen LogP contribution in [0.1, 0.15) is 18.1 Å². The van der Waals surface area contributed by atoms with Crippen molar-refractivity contribution in [3.8, 4) is 0 Å². The molecule has 0 bridgehead atoms. The number of alkyl halides is 3. The number of hydrogen-bond donors (Lipinski definition) is 3. The smallest absolute Gasteiger partial charge is 0.464 e. The molecule has 0 aromatic heterocycles. The zero-order valence-electron chi connectivity index (χ0n) is 17.6. The maximum Gasteiger partial charge on any atom is 0.471 e. The lowest BCUT2D eigenvalue weighted by atomic mass is 10.0. The summed E-state index contributed by atoms with van der Waals surface area (Å²) < 4.78 is 56.5. The Morgan fingerprint density at radius 2 is 1.42 bits per heavy atom. The third-order valence-electron chi connectivity index (χ3n) is 4.54. The summed E-state index contributed by atoms with van der Waals surface area (Å²) >= 11 is 0. The number of ether oxygens (including phenoxy) is 1. The highest BCUT2D eigenvalue weighted by Gasteiger charge is 2.41. The molecule has 0 unspecified atom stereocenters. The third kappa shape index (κ3) is 8.09. The molecule has 7 nitrogen and oxygen atoms in total. The number of nitrogens with two attached hydrogens (primary N) is 1. The number of nitrogens with one attached hydrogen (secondary N) is 2. The maximum absolute atomic E-state index is 13.2. The number of hydrogen-bond acceptors (Lipinski definition) is 5. The number of nitrogen functional groups attached to an aromatic ring is 1. The van der Waals surface area contributed by atoms with E-state index in [9.17, 15) is 31.9 Å². The van der Waals surface area contributed by atoms with Crippen molar-refractivity contribution < 1.29 is 36.7 Å². The summed E-state index contributed by atoms with van der Waals surface area (Å²) in [5.74, 6) is -4.66. The van der Waals surface area contributed by atoms with Gasteiger partial charge in [-0.1, -0.05) is 24.3 Å². The van der Waals surface area contributed by atoms with E-state index in [1.54, 1.807) is 12.2 Å². The van der Waals surface area contributed by atoms with E-state index in [0.717, 1.165) is 12.1 Å². The summed E-state index contributed by atoms with van der Waals surface area (Å²) in [7, 11) is 0. The van der Waals surface area contributed by atoms with Crippen LogP contribution in [0.15, 0.2) is 48.5 Å². The summed E-state index contributed by atoms with van der Waals surface area (Å²) in [6.07, 6.45) is -5.61. The quantitative estimate of drug-likeness (QED) is 0.297. The van der Waals surface area contributed by atoms with E-state index in [2.05, 4.69) is 5.32 Å². The Labute approximate surface area is 187 Å². The van der Waals surface area contributed by atoms with Gasteiger partial charge in [-0.05, 0) is 42.3 Å². The molecule has 0 radical (unpaired) electrons. The van der Waals surface area contributed by atoms with E-state index in [4.69, 9.17) is 10.5 Å². The zero-order valence-corrected chi connectivity index (χ0v) is 17.6. The number of benzene rings is 2. The van der Waals surface area contributed by atoms with Crippen molar-refractivity contribution in [2.24, 2.45) is 0 Å². The van der Waals surface area contributed by atoms with Crippen LogP contribution in [0.4, 0.5) is 23.2 Å². The van der Waals surface area contributed by atoms with Crippen molar-refractivity contribution in [1.82, 2.24) is 10.6 Å². The van der Waals surface area contributed by atoms with Gasteiger partial charge in [0.25, 0.3) is 0 Å². The molecule has 33 heavy (non-hydrogen) atoms. The number of amides is 2. The second kappa shape index (κ2) is 11.3. The Bertz CT molecular complexity index is 963. The van der Waals surface area contributed by atoms with Gasteiger partial charge in [0.05, 0.1) is 6.61 Å². The van der Waals surface area contributed by atoms with Gasteiger partial charge >= 0.3 is 18.1 Å². The Kier molecular flexibility index (Phi) is 8.78. The summed E-state index contributed by atoms with van der Waals surface area (Å²) in [6, 6.07) is 8.16. The standard InChI is InChI=1S/C22H23F4N3O4/c1-2-33-20(31)18(12-13-3-7-15(23)8-4-13)28-19(30)17(29-21(32)22(24,25)26)11-14-5-9-16(27)10-6-14/h3-10,17-18H,2,11-12,27H2,1H3,(H,28,30)(H,29,32)/t17-,18-/m0/s1. The zero-order chi connectivity index (χ0) is 24.6. The Morgan fingerprint density at radius 3 is 1.94 bits per heavy atom. The molecule has 11 heteroatoms. The van der Waals surface area contributed by atoms with Crippen molar-refractivity contribution in [2.45, 2.75) is 38.0 Å². The first kappa shape index (κ1) is 25.6. The predicted molar refractivity (Wildman–Crippen MR) is 111 cm³/mol. The van der Waals surface area contributed by atoms with E-state index in [-0.39, 0.29) is 19.4 Å². The average Bonchev–Trinajstić information content (AvgIpc) is 2.75. The van der Waals surface area contributed by atoms with Crippen LogP contribution >= 0.6 is 0 Å². The topological polar surface area (TPSA) is 111 Å². The van der Waals surface area contributed by atoms with E-state index in [1.165, 1.54) is 36.4 Å². The molecular formula is C22H23F4N3O4. The van der Waals surface area contributed by atoms with Gasteiger partial charge in [-0.2, -0.15) is 13.2 Å². The fraction of sp³-hybridized carbons (Fsp3) is 0.318. The molecule has 0 aliphatic rings. The number of carbonyl (C=O) groups excluding carboxylic acids is 3. The van der Waals surface area contributed by atoms with Crippen LogP contribution in [0.25, 0.3) is 0 Å². The molecule has 0 fully saturated rings. The van der Waals surface area contributed by atoms with Crippen LogP contribution in [0.3, 0.4) is 0 Å². The molecule has 0 heterocycles. The van der Waals surface area contributed by atoms with Gasteiger partial charge in [0, 0.05) is 18.5 Å². The van der Waals surface area contributed by atoms with Gasteiger partial charge in [-0.15, -0.1) is 0 Å². The van der Waals surface area contributed by atoms with Crippen LogP contribution in [0.2, 0.25) is 0 Å². The van der Waals surface area contributed by atoms with E-state index < -0.39 is 41.9 Å². The minimum Gasteiger partial charge on any atom is -0.464 e. The van der Waals surface area contributed by atoms with Crippen molar-refractivity contribution in [1.29, 1.82) is 0 Å². The highest BCUT2D eigenvalue weighted by atomic mass is 19.4. The lowest BCUT2D eigenvalue weighted by Gasteiger charge is -2.23. The molecule has 0 saturated carbocycles. The average molecular weight is 469 g/mol. The van der Waals surface area contributed by atoms with Crippen molar-refractivity contribution in [3.05, 3.63) is 65.5 Å². The van der Waals surface area contributed by atoms with Crippen LogP contribution in [-0.2, 0) is 32.0 Å². The molecule has 0 aliphatic carbocycles. The number of esters is 1. The minimum absolute atomic E-state index is 0.00566. The minimum atomic E-state index is -5.21. The summed E-state index contributed by atoms with van der Waals surface area (Å²) in [5.41, 5.74) is 6.90. The summed E-state index contributed by atoms with van der Waals surface area (Å²) in [5, 5.41) is 4.00. The summed E-state index contributed by atoms with van der Waals surface area (Å²) in [6.45, 7) is 1.54. The lowest BCUT2D eigenvalue weighted by Crippen LogP contribution is -2.55. The van der Waals surface area contributed by atoms with E-state index in [1.807, 2.05) is 0 Å². The van der Waals surface area contributed by atoms with E-state index in [0.29, 0.717) is 16.8 Å². The molecule has 0 saturated heterocycles. The number of halogens is 4. The van der Waals surface area contributed by atoms with Crippen LogP contribution in [0, 0.1) is 5.82 Å². The molecule has 0 aliphatic heterocycles.